The Morgan fingerprint density at radius 1 is 1.33 bits per heavy atom. The van der Waals surface area contributed by atoms with Gasteiger partial charge in [0.1, 0.15) is 0 Å². The SMILES string of the molecule is O=C(Nc1ncc(C#CCCO)s1)C1CCCCCCC1. The molecule has 4 nitrogen and oxygen atoms in total. The zero-order chi connectivity index (χ0) is 14.9. The molecule has 0 unspecified atom stereocenters. The zero-order valence-electron chi connectivity index (χ0n) is 12.2. The fourth-order valence-corrected chi connectivity index (χ4v) is 3.21. The van der Waals surface area contributed by atoms with E-state index in [-0.39, 0.29) is 18.4 Å². The molecule has 0 spiro atoms. The van der Waals surface area contributed by atoms with Crippen molar-refractivity contribution < 1.29 is 9.90 Å². The molecule has 0 aromatic carbocycles. The molecular weight excluding hydrogens is 284 g/mol. The number of aliphatic hydroxyl groups excluding tert-OH is 1. The minimum atomic E-state index is 0.0665. The molecule has 5 heteroatoms. The van der Waals surface area contributed by atoms with Crippen molar-refractivity contribution in [1.82, 2.24) is 4.98 Å². The molecule has 2 rings (SSSR count). The molecule has 1 aromatic rings. The Balaban J connectivity index is 1.88. The van der Waals surface area contributed by atoms with Gasteiger partial charge in [0.05, 0.1) is 17.7 Å². The van der Waals surface area contributed by atoms with Gasteiger partial charge >= 0.3 is 0 Å². The molecule has 0 atom stereocenters. The highest BCUT2D eigenvalue weighted by Crippen LogP contribution is 2.24. The lowest BCUT2D eigenvalue weighted by Gasteiger charge is -2.18. The van der Waals surface area contributed by atoms with Crippen molar-refractivity contribution in [3.8, 4) is 11.8 Å². The highest BCUT2D eigenvalue weighted by atomic mass is 32.1. The second-order valence-corrected chi connectivity index (χ2v) is 6.37. The van der Waals surface area contributed by atoms with Crippen LogP contribution in [0.5, 0.6) is 0 Å². The van der Waals surface area contributed by atoms with Gasteiger partial charge in [-0.3, -0.25) is 4.79 Å². The molecule has 0 bridgehead atoms. The molecule has 1 saturated carbocycles. The molecule has 0 saturated heterocycles. The van der Waals surface area contributed by atoms with Crippen LogP contribution in [0.1, 0.15) is 56.2 Å². The van der Waals surface area contributed by atoms with Crippen molar-refractivity contribution >= 4 is 22.4 Å². The van der Waals surface area contributed by atoms with Gasteiger partial charge in [-0.1, -0.05) is 55.3 Å². The van der Waals surface area contributed by atoms with E-state index in [2.05, 4.69) is 22.1 Å². The average Bonchev–Trinajstić information content (AvgIpc) is 2.86. The first-order valence-corrected chi connectivity index (χ1v) is 8.47. The van der Waals surface area contributed by atoms with Crippen molar-refractivity contribution in [2.45, 2.75) is 51.4 Å². The number of anilines is 1. The summed E-state index contributed by atoms with van der Waals surface area (Å²) < 4.78 is 0. The number of aromatic nitrogens is 1. The maximum absolute atomic E-state index is 12.3. The number of carbonyl (C=O) groups excluding carboxylic acids is 1. The first-order chi connectivity index (χ1) is 10.3. The second kappa shape index (κ2) is 8.81. The van der Waals surface area contributed by atoms with Gasteiger partial charge in [0.15, 0.2) is 5.13 Å². The van der Waals surface area contributed by atoms with E-state index in [1.165, 1.54) is 30.6 Å². The average molecular weight is 306 g/mol. The topological polar surface area (TPSA) is 62.2 Å². The zero-order valence-corrected chi connectivity index (χ0v) is 13.0. The Morgan fingerprint density at radius 3 is 2.76 bits per heavy atom. The Bertz CT molecular complexity index is 508. The van der Waals surface area contributed by atoms with Crippen LogP contribution in [0, 0.1) is 17.8 Å². The molecule has 1 amide bonds. The molecule has 0 aliphatic heterocycles. The predicted molar refractivity (Wildman–Crippen MR) is 85.1 cm³/mol. The lowest BCUT2D eigenvalue weighted by atomic mass is 9.90. The minimum absolute atomic E-state index is 0.0665. The normalized spacial score (nSPS) is 16.4. The van der Waals surface area contributed by atoms with Crippen molar-refractivity contribution in [3.63, 3.8) is 0 Å². The van der Waals surface area contributed by atoms with Crippen LogP contribution < -0.4 is 5.32 Å². The van der Waals surface area contributed by atoms with Crippen LogP contribution in [-0.4, -0.2) is 22.6 Å². The standard InChI is InChI=1S/C16H22N2O2S/c19-11-7-6-10-14-12-17-16(21-14)18-15(20)13-8-4-2-1-3-5-9-13/h12-13,19H,1-5,7-9,11H2,(H,17,18,20). The third-order valence-corrected chi connectivity index (χ3v) is 4.49. The number of hydrogen-bond acceptors (Lipinski definition) is 4. The predicted octanol–water partition coefficient (Wildman–Crippen LogP) is 3.18. The van der Waals surface area contributed by atoms with Crippen molar-refractivity contribution in [2.24, 2.45) is 5.92 Å². The van der Waals surface area contributed by atoms with E-state index >= 15 is 0 Å². The van der Waals surface area contributed by atoms with Crippen LogP contribution in [0.25, 0.3) is 0 Å². The van der Waals surface area contributed by atoms with E-state index in [9.17, 15) is 4.79 Å². The first kappa shape index (κ1) is 16.0. The van der Waals surface area contributed by atoms with E-state index in [0.29, 0.717) is 11.6 Å². The summed E-state index contributed by atoms with van der Waals surface area (Å²) in [5.41, 5.74) is 0. The molecule has 1 fully saturated rings. The summed E-state index contributed by atoms with van der Waals surface area (Å²) in [4.78, 5) is 17.3. The molecule has 1 aromatic heterocycles. The summed E-state index contributed by atoms with van der Waals surface area (Å²) in [7, 11) is 0. The number of carbonyl (C=O) groups is 1. The fourth-order valence-electron chi connectivity index (χ4n) is 2.52. The number of hydrogen-bond donors (Lipinski definition) is 2. The molecule has 2 N–H and O–H groups in total. The van der Waals surface area contributed by atoms with Gasteiger partial charge < -0.3 is 10.4 Å². The molecule has 1 heterocycles. The van der Waals surface area contributed by atoms with Crippen molar-refractivity contribution in [3.05, 3.63) is 11.1 Å². The number of aliphatic hydroxyl groups is 1. The van der Waals surface area contributed by atoms with E-state index in [4.69, 9.17) is 5.11 Å². The summed E-state index contributed by atoms with van der Waals surface area (Å²) in [6.45, 7) is 0.0665. The van der Waals surface area contributed by atoms with Crippen LogP contribution >= 0.6 is 11.3 Å². The molecule has 21 heavy (non-hydrogen) atoms. The minimum Gasteiger partial charge on any atom is -0.395 e. The third-order valence-electron chi connectivity index (χ3n) is 3.66. The van der Waals surface area contributed by atoms with Gasteiger partial charge in [0.2, 0.25) is 5.91 Å². The van der Waals surface area contributed by atoms with Gasteiger partial charge in [-0.05, 0) is 12.8 Å². The number of nitrogens with zero attached hydrogens (tertiary/aromatic N) is 1. The summed E-state index contributed by atoms with van der Waals surface area (Å²) in [6, 6.07) is 0. The van der Waals surface area contributed by atoms with Crippen molar-refractivity contribution in [1.29, 1.82) is 0 Å². The fraction of sp³-hybridized carbons (Fsp3) is 0.625. The summed E-state index contributed by atoms with van der Waals surface area (Å²) in [5, 5.41) is 12.2. The first-order valence-electron chi connectivity index (χ1n) is 7.66. The molecule has 114 valence electrons. The number of thiazole rings is 1. The number of rotatable bonds is 3. The summed E-state index contributed by atoms with van der Waals surface area (Å²) in [6.07, 6.45) is 10.2. The number of amides is 1. The Morgan fingerprint density at radius 2 is 2.05 bits per heavy atom. The third kappa shape index (κ3) is 5.49. The molecule has 0 radical (unpaired) electrons. The van der Waals surface area contributed by atoms with Gasteiger partial charge in [-0.15, -0.1) is 0 Å². The van der Waals surface area contributed by atoms with E-state index in [1.807, 2.05) is 0 Å². The lowest BCUT2D eigenvalue weighted by molar-refractivity contribution is -0.120. The van der Waals surface area contributed by atoms with Gasteiger partial charge in [-0.25, -0.2) is 4.98 Å². The Hall–Kier alpha value is -1.38. The monoisotopic (exact) mass is 306 g/mol. The van der Waals surface area contributed by atoms with Gasteiger partial charge in [0.25, 0.3) is 0 Å². The highest BCUT2D eigenvalue weighted by molar-refractivity contribution is 7.16. The summed E-state index contributed by atoms with van der Waals surface area (Å²) >= 11 is 1.39. The van der Waals surface area contributed by atoms with Crippen LogP contribution in [0.3, 0.4) is 0 Å². The van der Waals surface area contributed by atoms with E-state index in [0.717, 1.165) is 30.6 Å². The maximum atomic E-state index is 12.3. The molecular formula is C16H22N2O2S. The second-order valence-electron chi connectivity index (χ2n) is 5.34. The van der Waals surface area contributed by atoms with Gasteiger partial charge in [0, 0.05) is 12.3 Å². The van der Waals surface area contributed by atoms with Gasteiger partial charge in [-0.2, -0.15) is 0 Å². The summed E-state index contributed by atoms with van der Waals surface area (Å²) in [5.74, 6) is 6.01. The van der Waals surface area contributed by atoms with E-state index < -0.39 is 0 Å². The number of nitrogens with one attached hydrogen (secondary N) is 1. The lowest BCUT2D eigenvalue weighted by Crippen LogP contribution is -2.23. The Labute approximate surface area is 130 Å². The highest BCUT2D eigenvalue weighted by Gasteiger charge is 2.20. The molecule has 1 aliphatic rings. The maximum Gasteiger partial charge on any atom is 0.229 e. The largest absolute Gasteiger partial charge is 0.395 e. The van der Waals surface area contributed by atoms with Crippen LogP contribution in [0.4, 0.5) is 5.13 Å². The van der Waals surface area contributed by atoms with Crippen molar-refractivity contribution in [2.75, 3.05) is 11.9 Å². The Kier molecular flexibility index (Phi) is 6.71. The van der Waals surface area contributed by atoms with Crippen LogP contribution in [-0.2, 0) is 4.79 Å². The smallest absolute Gasteiger partial charge is 0.229 e. The quantitative estimate of drug-likeness (QED) is 0.843. The van der Waals surface area contributed by atoms with Crippen LogP contribution in [0.2, 0.25) is 0 Å². The molecule has 1 aliphatic carbocycles. The van der Waals surface area contributed by atoms with Crippen LogP contribution in [0.15, 0.2) is 6.20 Å². The van der Waals surface area contributed by atoms with E-state index in [1.54, 1.807) is 6.20 Å².